The Morgan fingerprint density at radius 2 is 1.77 bits per heavy atom. The van der Waals surface area contributed by atoms with Crippen LogP contribution in [0.3, 0.4) is 0 Å². The number of nitrogens with one attached hydrogen (secondary N) is 1. The van der Waals surface area contributed by atoms with E-state index in [4.69, 9.17) is 9.90 Å². The Hall–Kier alpha value is -2.08. The van der Waals surface area contributed by atoms with Crippen LogP contribution in [-0.4, -0.2) is 60.1 Å². The topological polar surface area (TPSA) is 72.9 Å². The van der Waals surface area contributed by atoms with Gasteiger partial charge in [-0.25, -0.2) is 4.79 Å². The second kappa shape index (κ2) is 10.8. The van der Waals surface area contributed by atoms with E-state index in [0.717, 1.165) is 37.7 Å². The zero-order chi connectivity index (χ0) is 18.8. The number of piperazine rings is 1. The third kappa shape index (κ3) is 6.33. The first-order valence-electron chi connectivity index (χ1n) is 9.54. The van der Waals surface area contributed by atoms with Crippen LogP contribution < -0.4 is 5.32 Å². The molecule has 0 radical (unpaired) electrons. The molecule has 2 N–H and O–H groups in total. The molecule has 0 bridgehead atoms. The van der Waals surface area contributed by atoms with E-state index >= 15 is 0 Å². The summed E-state index contributed by atoms with van der Waals surface area (Å²) in [5, 5.41) is 10.0. The van der Waals surface area contributed by atoms with Gasteiger partial charge in [-0.2, -0.15) is 0 Å². The minimum Gasteiger partial charge on any atom is -0.483 e. The lowest BCUT2D eigenvalue weighted by molar-refractivity contribution is -0.122. The van der Waals surface area contributed by atoms with E-state index in [0.29, 0.717) is 0 Å². The average Bonchev–Trinajstić information content (AvgIpc) is 3.16. The summed E-state index contributed by atoms with van der Waals surface area (Å²) in [5.41, 5.74) is 1.15. The summed E-state index contributed by atoms with van der Waals surface area (Å²) in [5.74, 6) is 0.897. The summed E-state index contributed by atoms with van der Waals surface area (Å²) in [6.45, 7) is 6.76. The van der Waals surface area contributed by atoms with Gasteiger partial charge in [-0.3, -0.25) is 9.69 Å². The highest BCUT2D eigenvalue weighted by atomic mass is 16.3. The van der Waals surface area contributed by atoms with Gasteiger partial charge in [0.2, 0.25) is 0 Å². The molecule has 1 aliphatic carbocycles. The molecule has 3 rings (SSSR count). The molecule has 1 aliphatic heterocycles. The van der Waals surface area contributed by atoms with Crippen LogP contribution in [0.15, 0.2) is 30.3 Å². The SMILES string of the molecule is C[C@H](NC(=O)N1CCN(CC2CCCC2)CC1)c1ccccc1.O=CO. The molecule has 144 valence electrons. The average molecular weight is 361 g/mol. The van der Waals surface area contributed by atoms with E-state index in [9.17, 15) is 4.79 Å². The summed E-state index contributed by atoms with van der Waals surface area (Å²) in [6, 6.07) is 10.3. The quantitative estimate of drug-likeness (QED) is 0.809. The summed E-state index contributed by atoms with van der Waals surface area (Å²) in [7, 11) is 0. The Kier molecular flexibility index (Phi) is 8.41. The van der Waals surface area contributed by atoms with Crippen molar-refractivity contribution in [3.63, 3.8) is 0 Å². The number of hydrogen-bond donors (Lipinski definition) is 2. The zero-order valence-corrected chi connectivity index (χ0v) is 15.6. The van der Waals surface area contributed by atoms with E-state index in [1.807, 2.05) is 30.0 Å². The van der Waals surface area contributed by atoms with Crippen LogP contribution in [0.2, 0.25) is 0 Å². The third-order valence-electron chi connectivity index (χ3n) is 5.29. The van der Waals surface area contributed by atoms with E-state index < -0.39 is 0 Å². The maximum Gasteiger partial charge on any atom is 0.317 e. The second-order valence-electron chi connectivity index (χ2n) is 7.13. The van der Waals surface area contributed by atoms with Crippen molar-refractivity contribution in [2.24, 2.45) is 5.92 Å². The van der Waals surface area contributed by atoms with Gasteiger partial charge in [0.05, 0.1) is 6.04 Å². The van der Waals surface area contributed by atoms with Crippen LogP contribution in [0.1, 0.15) is 44.2 Å². The molecule has 2 amide bonds. The largest absolute Gasteiger partial charge is 0.483 e. The number of carbonyl (C=O) groups excluding carboxylic acids is 1. The molecule has 1 saturated heterocycles. The molecule has 1 aromatic rings. The normalized spacial score (nSPS) is 19.3. The van der Waals surface area contributed by atoms with Gasteiger partial charge in [-0.1, -0.05) is 43.2 Å². The lowest BCUT2D eigenvalue weighted by Gasteiger charge is -2.36. The number of urea groups is 1. The predicted octanol–water partition coefficient (Wildman–Crippen LogP) is 2.97. The zero-order valence-electron chi connectivity index (χ0n) is 15.6. The Bertz CT molecular complexity index is 538. The van der Waals surface area contributed by atoms with Gasteiger partial charge in [0.25, 0.3) is 6.47 Å². The first-order valence-corrected chi connectivity index (χ1v) is 9.54. The number of rotatable bonds is 4. The molecule has 2 fully saturated rings. The fraction of sp³-hybridized carbons (Fsp3) is 0.600. The van der Waals surface area contributed by atoms with Gasteiger partial charge in [0.1, 0.15) is 0 Å². The van der Waals surface area contributed by atoms with Crippen molar-refractivity contribution in [1.82, 2.24) is 15.1 Å². The molecular formula is C20H31N3O3. The van der Waals surface area contributed by atoms with Crippen molar-refractivity contribution in [2.75, 3.05) is 32.7 Å². The van der Waals surface area contributed by atoms with Gasteiger partial charge in [0, 0.05) is 32.7 Å². The Balaban J connectivity index is 0.000000758. The number of carbonyl (C=O) groups is 2. The summed E-state index contributed by atoms with van der Waals surface area (Å²) in [4.78, 5) is 25.3. The maximum absolute atomic E-state index is 12.4. The van der Waals surface area contributed by atoms with Crippen LogP contribution in [-0.2, 0) is 4.79 Å². The number of benzene rings is 1. The molecule has 2 aliphatic rings. The van der Waals surface area contributed by atoms with Crippen molar-refractivity contribution in [3.8, 4) is 0 Å². The summed E-state index contributed by atoms with van der Waals surface area (Å²) in [6.07, 6.45) is 5.61. The molecule has 0 aromatic heterocycles. The Morgan fingerprint density at radius 1 is 1.19 bits per heavy atom. The van der Waals surface area contributed by atoms with Crippen molar-refractivity contribution < 1.29 is 14.7 Å². The molecule has 6 heteroatoms. The Labute approximate surface area is 156 Å². The Morgan fingerprint density at radius 3 is 2.35 bits per heavy atom. The monoisotopic (exact) mass is 361 g/mol. The van der Waals surface area contributed by atoms with Crippen LogP contribution in [0.25, 0.3) is 0 Å². The van der Waals surface area contributed by atoms with Crippen LogP contribution in [0, 0.1) is 5.92 Å². The second-order valence-corrected chi connectivity index (χ2v) is 7.13. The number of nitrogens with zero attached hydrogens (tertiary/aromatic N) is 2. The highest BCUT2D eigenvalue weighted by molar-refractivity contribution is 5.74. The molecule has 26 heavy (non-hydrogen) atoms. The molecular weight excluding hydrogens is 330 g/mol. The maximum atomic E-state index is 12.4. The van der Waals surface area contributed by atoms with E-state index in [-0.39, 0.29) is 18.5 Å². The molecule has 1 saturated carbocycles. The van der Waals surface area contributed by atoms with Crippen molar-refractivity contribution >= 4 is 12.5 Å². The number of amides is 2. The fourth-order valence-corrected chi connectivity index (χ4v) is 3.79. The van der Waals surface area contributed by atoms with Gasteiger partial charge in [-0.05, 0) is 31.2 Å². The minimum absolute atomic E-state index is 0.0558. The van der Waals surface area contributed by atoms with Gasteiger partial charge >= 0.3 is 6.03 Å². The molecule has 0 unspecified atom stereocenters. The van der Waals surface area contributed by atoms with Gasteiger partial charge in [-0.15, -0.1) is 0 Å². The predicted molar refractivity (Wildman–Crippen MR) is 102 cm³/mol. The van der Waals surface area contributed by atoms with Crippen molar-refractivity contribution in [1.29, 1.82) is 0 Å². The van der Waals surface area contributed by atoms with Crippen LogP contribution >= 0.6 is 0 Å². The third-order valence-corrected chi connectivity index (χ3v) is 5.29. The standard InChI is InChI=1S/C19H29N3O.CH2O2/c1-16(18-9-3-2-4-10-18)20-19(23)22-13-11-21(12-14-22)15-17-7-5-6-8-17;2-1-3/h2-4,9-10,16-17H,5-8,11-15H2,1H3,(H,20,23);1H,(H,2,3)/t16-;/m0./s1. The fourth-order valence-electron chi connectivity index (χ4n) is 3.79. The first-order chi connectivity index (χ1) is 12.6. The summed E-state index contributed by atoms with van der Waals surface area (Å²) >= 11 is 0. The minimum atomic E-state index is -0.250. The molecule has 1 atom stereocenters. The molecule has 6 nitrogen and oxygen atoms in total. The molecule has 0 spiro atoms. The summed E-state index contributed by atoms with van der Waals surface area (Å²) < 4.78 is 0. The van der Waals surface area contributed by atoms with Gasteiger partial charge < -0.3 is 15.3 Å². The highest BCUT2D eigenvalue weighted by Crippen LogP contribution is 2.25. The molecule has 1 aromatic carbocycles. The lowest BCUT2D eigenvalue weighted by Crippen LogP contribution is -2.52. The van der Waals surface area contributed by atoms with Gasteiger partial charge in [0.15, 0.2) is 0 Å². The van der Waals surface area contributed by atoms with Crippen molar-refractivity contribution in [2.45, 2.75) is 38.6 Å². The van der Waals surface area contributed by atoms with E-state index in [1.165, 1.54) is 32.2 Å². The molecule has 1 heterocycles. The number of carboxylic acid groups (broad SMARTS) is 1. The van der Waals surface area contributed by atoms with Crippen LogP contribution in [0.4, 0.5) is 4.79 Å². The lowest BCUT2D eigenvalue weighted by atomic mass is 10.1. The van der Waals surface area contributed by atoms with E-state index in [2.05, 4.69) is 22.3 Å². The van der Waals surface area contributed by atoms with Crippen LogP contribution in [0.5, 0.6) is 0 Å². The first kappa shape index (κ1) is 20.2. The van der Waals surface area contributed by atoms with Crippen molar-refractivity contribution in [3.05, 3.63) is 35.9 Å². The highest BCUT2D eigenvalue weighted by Gasteiger charge is 2.25. The number of hydrogen-bond acceptors (Lipinski definition) is 3. The smallest absolute Gasteiger partial charge is 0.317 e. The van der Waals surface area contributed by atoms with E-state index in [1.54, 1.807) is 0 Å².